The number of benzene rings is 4. The van der Waals surface area contributed by atoms with Gasteiger partial charge in [0, 0.05) is 29.3 Å². The van der Waals surface area contributed by atoms with Gasteiger partial charge in [0.1, 0.15) is 23.0 Å². The van der Waals surface area contributed by atoms with Gasteiger partial charge in [-0.1, -0.05) is 30.3 Å². The predicted octanol–water partition coefficient (Wildman–Crippen LogP) is 4.12. The predicted molar refractivity (Wildman–Crippen MR) is 154 cm³/mol. The van der Waals surface area contributed by atoms with Crippen LogP contribution in [0.2, 0.25) is 0 Å². The Morgan fingerprint density at radius 3 is 2.32 bits per heavy atom. The van der Waals surface area contributed by atoms with Crippen molar-refractivity contribution in [2.45, 2.75) is 23.5 Å². The van der Waals surface area contributed by atoms with E-state index in [2.05, 4.69) is 0 Å². The van der Waals surface area contributed by atoms with E-state index in [1.807, 2.05) is 0 Å². The van der Waals surface area contributed by atoms with E-state index in [1.54, 1.807) is 54.3 Å². The Kier molecular flexibility index (Phi) is 5.96. The van der Waals surface area contributed by atoms with Crippen LogP contribution in [0.3, 0.4) is 0 Å². The quantitative estimate of drug-likeness (QED) is 0.201. The summed E-state index contributed by atoms with van der Waals surface area (Å²) in [6.45, 7) is 1.79. The summed E-state index contributed by atoms with van der Waals surface area (Å²) in [6, 6.07) is 19.5. The minimum absolute atomic E-state index is 0.0632. The van der Waals surface area contributed by atoms with Crippen molar-refractivity contribution in [3.63, 3.8) is 0 Å². The van der Waals surface area contributed by atoms with Gasteiger partial charge in [-0.15, -0.1) is 0 Å². The highest BCUT2D eigenvalue weighted by molar-refractivity contribution is 7.89. The molecular weight excluding hydrogens is 566 g/mol. The fourth-order valence-electron chi connectivity index (χ4n) is 5.56. The number of fused-ring (bicyclic) bond motifs is 6. The molecular formula is C29H23N3O7S2. The lowest BCUT2D eigenvalue weighted by atomic mass is 9.76. The molecule has 2 aliphatic heterocycles. The molecule has 2 atom stereocenters. The summed E-state index contributed by atoms with van der Waals surface area (Å²) in [6.07, 6.45) is 0. The molecule has 0 bridgehead atoms. The summed E-state index contributed by atoms with van der Waals surface area (Å²) in [5.41, 5.74) is 7.33. The van der Waals surface area contributed by atoms with Crippen LogP contribution in [0.1, 0.15) is 45.6 Å². The minimum atomic E-state index is -3.91. The van der Waals surface area contributed by atoms with Crippen molar-refractivity contribution >= 4 is 39.0 Å². The van der Waals surface area contributed by atoms with Gasteiger partial charge >= 0.3 is 5.97 Å². The molecule has 0 saturated carbocycles. The fourth-order valence-corrected chi connectivity index (χ4v) is 6.33. The van der Waals surface area contributed by atoms with Crippen molar-refractivity contribution < 1.29 is 32.9 Å². The number of thiocarbonyl (C=S) groups is 1. The largest absolute Gasteiger partial charge is 0.508 e. The lowest BCUT2D eigenvalue weighted by Crippen LogP contribution is -2.41. The molecule has 0 aliphatic carbocycles. The first kappa shape index (κ1) is 26.6. The second kappa shape index (κ2) is 9.20. The van der Waals surface area contributed by atoms with Crippen LogP contribution in [0, 0.1) is 0 Å². The molecule has 10 nitrogen and oxygen atoms in total. The minimum Gasteiger partial charge on any atom is -0.508 e. The highest BCUT2D eigenvalue weighted by Gasteiger charge is 2.55. The first-order valence-corrected chi connectivity index (χ1v) is 14.3. The molecule has 0 saturated heterocycles. The van der Waals surface area contributed by atoms with Crippen molar-refractivity contribution in [2.24, 2.45) is 10.9 Å². The molecule has 2 aliphatic rings. The maximum atomic E-state index is 13.3. The van der Waals surface area contributed by atoms with Crippen molar-refractivity contribution in [1.29, 1.82) is 0 Å². The number of primary sulfonamides is 1. The third-order valence-corrected chi connectivity index (χ3v) is 8.46. The zero-order valence-electron chi connectivity index (χ0n) is 21.4. The summed E-state index contributed by atoms with van der Waals surface area (Å²) in [5.74, 6) is -0.442. The molecule has 0 amide bonds. The molecule has 4 aromatic rings. The number of hydrogen-bond donors (Lipinski definition) is 4. The lowest BCUT2D eigenvalue weighted by Gasteiger charge is -2.41. The van der Waals surface area contributed by atoms with Gasteiger partial charge in [0.15, 0.2) is 10.7 Å². The van der Waals surface area contributed by atoms with Crippen LogP contribution in [0.15, 0.2) is 83.8 Å². The standard InChI is InChI=1S/C29H23N3O7S2/c1-15(16-6-9-19(10-7-16)41(31,36)37)32(28(30)40)23-12-18(34)14-25-26(23)29(22-11-8-17(33)13-24(22)38-25)21-5-3-2-4-20(21)27(35)39-29/h2-15,33-34H,1H3,(H2,30,40)(H2,31,36,37). The number of phenols is 2. The maximum absolute atomic E-state index is 13.3. The van der Waals surface area contributed by atoms with E-state index in [4.69, 9.17) is 32.6 Å². The van der Waals surface area contributed by atoms with Crippen molar-refractivity contribution in [1.82, 2.24) is 0 Å². The molecule has 0 fully saturated rings. The SMILES string of the molecule is CC(c1ccc(S(N)(=O)=O)cc1)N(C(N)=S)c1cc(O)cc2c1C1(OC(=O)c3ccccc31)c1ccc(O)cc1O2. The molecule has 4 aromatic carbocycles. The number of hydrogen-bond acceptors (Lipinski definition) is 8. The number of nitrogens with zero attached hydrogens (tertiary/aromatic N) is 1. The number of aromatic hydroxyl groups is 2. The number of phenolic OH excluding ortho intramolecular Hbond substituents is 2. The van der Waals surface area contributed by atoms with E-state index < -0.39 is 27.6 Å². The molecule has 6 N–H and O–H groups in total. The third kappa shape index (κ3) is 4.06. The van der Waals surface area contributed by atoms with Crippen LogP contribution in [0.5, 0.6) is 23.0 Å². The average molecular weight is 590 g/mol. The summed E-state index contributed by atoms with van der Waals surface area (Å²) in [7, 11) is -3.91. The summed E-state index contributed by atoms with van der Waals surface area (Å²) in [5, 5.41) is 26.2. The smallest absolute Gasteiger partial charge is 0.340 e. The van der Waals surface area contributed by atoms with E-state index >= 15 is 0 Å². The number of carbonyl (C=O) groups is 1. The van der Waals surface area contributed by atoms with Gasteiger partial charge in [-0.25, -0.2) is 18.4 Å². The Morgan fingerprint density at radius 2 is 1.63 bits per heavy atom. The summed E-state index contributed by atoms with van der Waals surface area (Å²) < 4.78 is 36.0. The van der Waals surface area contributed by atoms with Gasteiger partial charge in [-0.2, -0.15) is 0 Å². The van der Waals surface area contributed by atoms with E-state index in [9.17, 15) is 23.4 Å². The van der Waals surface area contributed by atoms with Gasteiger partial charge < -0.3 is 30.3 Å². The van der Waals surface area contributed by atoms with E-state index in [1.165, 1.54) is 36.4 Å². The number of carbonyl (C=O) groups excluding carboxylic acids is 1. The van der Waals surface area contributed by atoms with Gasteiger partial charge in [-0.05, 0) is 55.0 Å². The summed E-state index contributed by atoms with van der Waals surface area (Å²) in [4.78, 5) is 14.8. The van der Waals surface area contributed by atoms with Crippen LogP contribution in [0.25, 0.3) is 0 Å². The number of esters is 1. The molecule has 2 unspecified atom stereocenters. The molecule has 2 heterocycles. The molecule has 41 heavy (non-hydrogen) atoms. The Labute approximate surface area is 240 Å². The third-order valence-electron chi connectivity index (χ3n) is 7.33. The van der Waals surface area contributed by atoms with Crippen LogP contribution in [-0.4, -0.2) is 29.7 Å². The van der Waals surface area contributed by atoms with Crippen molar-refractivity contribution in [2.75, 3.05) is 4.90 Å². The zero-order chi connectivity index (χ0) is 29.3. The molecule has 6 rings (SSSR count). The van der Waals surface area contributed by atoms with E-state index in [0.717, 1.165) is 0 Å². The Hall–Kier alpha value is -4.65. The molecule has 0 aromatic heterocycles. The molecule has 208 valence electrons. The van der Waals surface area contributed by atoms with Crippen LogP contribution < -0.4 is 20.5 Å². The number of anilines is 1. The fraction of sp³-hybridized carbons (Fsp3) is 0.103. The van der Waals surface area contributed by atoms with Gasteiger partial charge in [0.05, 0.1) is 27.8 Å². The molecule has 12 heteroatoms. The highest BCUT2D eigenvalue weighted by Crippen LogP contribution is 2.60. The first-order valence-electron chi connectivity index (χ1n) is 12.3. The van der Waals surface area contributed by atoms with Gasteiger partial charge in [0.25, 0.3) is 0 Å². The maximum Gasteiger partial charge on any atom is 0.340 e. The number of nitrogens with two attached hydrogens (primary N) is 2. The molecule has 1 spiro atoms. The van der Waals surface area contributed by atoms with Crippen LogP contribution in [0.4, 0.5) is 5.69 Å². The number of sulfonamides is 1. The Balaban J connectivity index is 1.63. The highest BCUT2D eigenvalue weighted by atomic mass is 32.2. The normalized spacial score (nSPS) is 17.6. The van der Waals surface area contributed by atoms with Gasteiger partial charge in [-0.3, -0.25) is 0 Å². The zero-order valence-corrected chi connectivity index (χ0v) is 23.1. The molecule has 0 radical (unpaired) electrons. The van der Waals surface area contributed by atoms with Crippen molar-refractivity contribution in [3.05, 3.63) is 107 Å². The number of rotatable bonds is 4. The van der Waals surface area contributed by atoms with Crippen LogP contribution >= 0.6 is 12.2 Å². The second-order valence-corrected chi connectivity index (χ2v) is 11.7. The van der Waals surface area contributed by atoms with E-state index in [0.29, 0.717) is 33.5 Å². The lowest BCUT2D eigenvalue weighted by molar-refractivity contribution is 0.0226. The first-order chi connectivity index (χ1) is 19.4. The number of ether oxygens (including phenoxy) is 2. The average Bonchev–Trinajstić information content (AvgIpc) is 3.20. The Bertz CT molecular complexity index is 1880. The van der Waals surface area contributed by atoms with Gasteiger partial charge in [0.2, 0.25) is 10.0 Å². The second-order valence-electron chi connectivity index (χ2n) is 9.74. The topological polar surface area (TPSA) is 165 Å². The summed E-state index contributed by atoms with van der Waals surface area (Å²) >= 11 is 5.49. The van der Waals surface area contributed by atoms with Crippen LogP contribution in [-0.2, 0) is 20.4 Å². The monoisotopic (exact) mass is 589 g/mol. The Morgan fingerprint density at radius 1 is 0.951 bits per heavy atom. The van der Waals surface area contributed by atoms with Crippen molar-refractivity contribution in [3.8, 4) is 23.0 Å². The van der Waals surface area contributed by atoms with E-state index in [-0.39, 0.29) is 33.0 Å².